The van der Waals surface area contributed by atoms with Crippen LogP contribution < -0.4 is 11.1 Å². The first-order valence-corrected chi connectivity index (χ1v) is 7.66. The maximum absolute atomic E-state index is 5.96. The van der Waals surface area contributed by atoms with E-state index in [1.54, 1.807) is 12.1 Å². The SMILES string of the molecule is NC(=S)c1cc(Cl)ccc1Nc1c(Br)cccc1Br. The van der Waals surface area contributed by atoms with Crippen molar-refractivity contribution in [3.63, 3.8) is 0 Å². The highest BCUT2D eigenvalue weighted by atomic mass is 79.9. The Morgan fingerprint density at radius 2 is 1.79 bits per heavy atom. The molecule has 6 heteroatoms. The fourth-order valence-corrected chi connectivity index (χ4v) is 3.12. The number of halogens is 3. The molecule has 0 atom stereocenters. The molecule has 0 saturated carbocycles. The highest BCUT2D eigenvalue weighted by Gasteiger charge is 2.10. The number of nitrogens with one attached hydrogen (secondary N) is 1. The summed E-state index contributed by atoms with van der Waals surface area (Å²) >= 11 is 18.0. The van der Waals surface area contributed by atoms with Crippen molar-refractivity contribution in [2.75, 3.05) is 5.32 Å². The summed E-state index contributed by atoms with van der Waals surface area (Å²) in [6.07, 6.45) is 0. The van der Waals surface area contributed by atoms with Gasteiger partial charge in [-0.3, -0.25) is 0 Å². The lowest BCUT2D eigenvalue weighted by atomic mass is 10.1. The zero-order valence-electron chi connectivity index (χ0n) is 9.58. The van der Waals surface area contributed by atoms with Crippen LogP contribution in [0.15, 0.2) is 45.3 Å². The number of anilines is 2. The third kappa shape index (κ3) is 3.48. The zero-order chi connectivity index (χ0) is 14.0. The minimum Gasteiger partial charge on any atom is -0.389 e. The van der Waals surface area contributed by atoms with E-state index in [9.17, 15) is 0 Å². The van der Waals surface area contributed by atoms with Gasteiger partial charge >= 0.3 is 0 Å². The van der Waals surface area contributed by atoms with E-state index < -0.39 is 0 Å². The van der Waals surface area contributed by atoms with Crippen molar-refractivity contribution in [3.05, 3.63) is 55.9 Å². The van der Waals surface area contributed by atoms with Crippen molar-refractivity contribution in [1.82, 2.24) is 0 Å². The first kappa shape index (κ1) is 14.8. The van der Waals surface area contributed by atoms with Crippen molar-refractivity contribution in [1.29, 1.82) is 0 Å². The molecule has 0 aliphatic rings. The van der Waals surface area contributed by atoms with Crippen molar-refractivity contribution in [3.8, 4) is 0 Å². The maximum atomic E-state index is 5.96. The smallest absolute Gasteiger partial charge is 0.106 e. The average Bonchev–Trinajstić information content (AvgIpc) is 2.35. The molecule has 2 aromatic carbocycles. The summed E-state index contributed by atoms with van der Waals surface area (Å²) in [6.45, 7) is 0. The number of nitrogens with two attached hydrogens (primary N) is 1. The zero-order valence-corrected chi connectivity index (χ0v) is 14.3. The summed E-state index contributed by atoms with van der Waals surface area (Å²) in [6, 6.07) is 11.2. The molecule has 2 aromatic rings. The van der Waals surface area contributed by atoms with E-state index >= 15 is 0 Å². The Labute approximate surface area is 138 Å². The van der Waals surface area contributed by atoms with E-state index in [1.807, 2.05) is 24.3 Å². The molecule has 0 saturated heterocycles. The van der Waals surface area contributed by atoms with Gasteiger partial charge in [-0.2, -0.15) is 0 Å². The van der Waals surface area contributed by atoms with Gasteiger partial charge in [0.15, 0.2) is 0 Å². The molecule has 0 unspecified atom stereocenters. The molecule has 0 radical (unpaired) electrons. The lowest BCUT2D eigenvalue weighted by Gasteiger charge is -2.14. The number of hydrogen-bond donors (Lipinski definition) is 2. The molecule has 0 fully saturated rings. The summed E-state index contributed by atoms with van der Waals surface area (Å²) < 4.78 is 1.87. The first-order valence-electron chi connectivity index (χ1n) is 5.29. The van der Waals surface area contributed by atoms with Gasteiger partial charge in [0.2, 0.25) is 0 Å². The second kappa shape index (κ2) is 6.22. The molecule has 2 nitrogen and oxygen atoms in total. The second-order valence-electron chi connectivity index (χ2n) is 3.78. The van der Waals surface area contributed by atoms with Gasteiger partial charge in [0.1, 0.15) is 4.99 Å². The molecule has 3 N–H and O–H groups in total. The Balaban J connectivity index is 2.47. The van der Waals surface area contributed by atoms with Gasteiger partial charge in [-0.05, 0) is 62.2 Å². The van der Waals surface area contributed by atoms with E-state index in [1.165, 1.54) is 0 Å². The Morgan fingerprint density at radius 1 is 1.16 bits per heavy atom. The van der Waals surface area contributed by atoms with Crippen molar-refractivity contribution in [2.45, 2.75) is 0 Å². The van der Waals surface area contributed by atoms with Crippen molar-refractivity contribution < 1.29 is 0 Å². The van der Waals surface area contributed by atoms with Crippen LogP contribution in [0.5, 0.6) is 0 Å². The molecule has 2 rings (SSSR count). The maximum Gasteiger partial charge on any atom is 0.106 e. The summed E-state index contributed by atoms with van der Waals surface area (Å²) in [5.41, 5.74) is 8.15. The molecule has 0 heterocycles. The molecule has 0 aliphatic heterocycles. The van der Waals surface area contributed by atoms with E-state index in [0.717, 1.165) is 20.3 Å². The number of benzene rings is 2. The number of hydrogen-bond acceptors (Lipinski definition) is 2. The average molecular weight is 421 g/mol. The van der Waals surface area contributed by atoms with E-state index in [-0.39, 0.29) is 0 Å². The predicted octanol–water partition coefficient (Wildman–Crippen LogP) is 5.24. The molecule has 0 aromatic heterocycles. The van der Waals surface area contributed by atoms with Crippen LogP contribution in [-0.2, 0) is 0 Å². The largest absolute Gasteiger partial charge is 0.389 e. The number of para-hydroxylation sites is 1. The minimum absolute atomic E-state index is 0.299. The van der Waals surface area contributed by atoms with Crippen LogP contribution in [0.4, 0.5) is 11.4 Å². The quantitative estimate of drug-likeness (QED) is 0.667. The van der Waals surface area contributed by atoms with Crippen LogP contribution in [0.1, 0.15) is 5.56 Å². The fraction of sp³-hybridized carbons (Fsp3) is 0. The highest BCUT2D eigenvalue weighted by Crippen LogP contribution is 2.34. The lowest BCUT2D eigenvalue weighted by molar-refractivity contribution is 1.48. The molecular weight excluding hydrogens is 411 g/mol. The summed E-state index contributed by atoms with van der Waals surface area (Å²) in [5.74, 6) is 0. The van der Waals surface area contributed by atoms with E-state index in [0.29, 0.717) is 15.6 Å². The highest BCUT2D eigenvalue weighted by molar-refractivity contribution is 9.11. The molecule has 0 spiro atoms. The Kier molecular flexibility index (Phi) is 4.84. The molecule has 19 heavy (non-hydrogen) atoms. The third-order valence-electron chi connectivity index (χ3n) is 2.47. The standard InChI is InChI=1S/C13H9Br2ClN2S/c14-9-2-1-3-10(15)12(9)18-11-5-4-7(16)6-8(11)13(17)19/h1-6,18H,(H2,17,19). The van der Waals surface area contributed by atoms with Gasteiger partial charge in [0.05, 0.1) is 5.69 Å². The van der Waals surface area contributed by atoms with Crippen LogP contribution in [0.3, 0.4) is 0 Å². The van der Waals surface area contributed by atoms with Crippen molar-refractivity contribution in [2.24, 2.45) is 5.73 Å². The Morgan fingerprint density at radius 3 is 2.37 bits per heavy atom. The Bertz CT molecular complexity index is 626. The van der Waals surface area contributed by atoms with Gasteiger partial charge in [-0.25, -0.2) is 0 Å². The fourth-order valence-electron chi connectivity index (χ4n) is 1.58. The minimum atomic E-state index is 0.299. The molecule has 0 aliphatic carbocycles. The summed E-state index contributed by atoms with van der Waals surface area (Å²) in [7, 11) is 0. The monoisotopic (exact) mass is 418 g/mol. The topological polar surface area (TPSA) is 38.0 Å². The lowest BCUT2D eigenvalue weighted by Crippen LogP contribution is -2.12. The van der Waals surface area contributed by atoms with Crippen LogP contribution in [0.25, 0.3) is 0 Å². The predicted molar refractivity (Wildman–Crippen MR) is 92.5 cm³/mol. The molecule has 98 valence electrons. The normalized spacial score (nSPS) is 10.3. The molecule has 0 amide bonds. The van der Waals surface area contributed by atoms with Crippen LogP contribution in [-0.4, -0.2) is 4.99 Å². The summed E-state index contributed by atoms with van der Waals surface area (Å²) in [5, 5.41) is 3.89. The molecule has 0 bridgehead atoms. The van der Waals surface area contributed by atoms with Crippen LogP contribution >= 0.6 is 55.7 Å². The van der Waals surface area contributed by atoms with Gasteiger partial charge < -0.3 is 11.1 Å². The van der Waals surface area contributed by atoms with Gasteiger partial charge in [-0.1, -0.05) is 29.9 Å². The second-order valence-corrected chi connectivity index (χ2v) is 6.36. The van der Waals surface area contributed by atoms with E-state index in [2.05, 4.69) is 37.2 Å². The van der Waals surface area contributed by atoms with Crippen LogP contribution in [0, 0.1) is 0 Å². The van der Waals surface area contributed by atoms with Crippen molar-refractivity contribution >= 4 is 72.0 Å². The third-order valence-corrected chi connectivity index (χ3v) is 4.25. The van der Waals surface area contributed by atoms with Gasteiger partial charge in [0, 0.05) is 25.2 Å². The summed E-state index contributed by atoms with van der Waals surface area (Å²) in [4.78, 5) is 0.299. The van der Waals surface area contributed by atoms with Crippen LogP contribution in [0.2, 0.25) is 5.02 Å². The van der Waals surface area contributed by atoms with Gasteiger partial charge in [0.25, 0.3) is 0 Å². The first-order chi connectivity index (χ1) is 8.99. The number of rotatable bonds is 3. The van der Waals surface area contributed by atoms with Gasteiger partial charge in [-0.15, -0.1) is 0 Å². The Hall–Kier alpha value is -0.620. The molecular formula is C13H9Br2ClN2S. The van der Waals surface area contributed by atoms with E-state index in [4.69, 9.17) is 29.6 Å². The number of thiocarbonyl (C=S) groups is 1.